The van der Waals surface area contributed by atoms with E-state index in [1.54, 1.807) is 4.90 Å². The van der Waals surface area contributed by atoms with Gasteiger partial charge < -0.3 is 9.15 Å². The number of hydrogen-bond acceptors (Lipinski definition) is 7. The molecule has 4 aromatic rings. The summed E-state index contributed by atoms with van der Waals surface area (Å²) >= 11 is 4.87. The van der Waals surface area contributed by atoms with Crippen molar-refractivity contribution < 1.29 is 13.9 Å². The first kappa shape index (κ1) is 21.7. The molecule has 0 spiro atoms. The number of aromatic nitrogens is 3. The zero-order chi connectivity index (χ0) is 22.9. The third-order valence-electron chi connectivity index (χ3n) is 5.24. The van der Waals surface area contributed by atoms with Crippen LogP contribution >= 0.6 is 27.7 Å². The number of ether oxygens (including phenoxy) is 1. The van der Waals surface area contributed by atoms with Crippen LogP contribution in [0.5, 0.6) is 5.88 Å². The average molecular weight is 523 g/mol. The molecule has 7 nitrogen and oxygen atoms in total. The van der Waals surface area contributed by atoms with Crippen LogP contribution in [0.25, 0.3) is 22.6 Å². The first-order valence-electron chi connectivity index (χ1n) is 10.3. The highest BCUT2D eigenvalue weighted by Crippen LogP contribution is 2.44. The van der Waals surface area contributed by atoms with Crippen molar-refractivity contribution >= 4 is 39.3 Å². The number of hydrogen-bond donors (Lipinski definition) is 0. The van der Waals surface area contributed by atoms with Crippen molar-refractivity contribution in [3.63, 3.8) is 0 Å². The summed E-state index contributed by atoms with van der Waals surface area (Å²) in [4.78, 5) is 19.4. The molecule has 9 heteroatoms. The summed E-state index contributed by atoms with van der Waals surface area (Å²) in [5, 5.41) is 9.03. The maximum atomic E-state index is 13.2. The van der Waals surface area contributed by atoms with Crippen LogP contribution in [0.15, 0.2) is 74.7 Å². The molecule has 166 valence electrons. The number of nitrogens with zero attached hydrogens (tertiary/aromatic N) is 4. The predicted molar refractivity (Wildman–Crippen MR) is 130 cm³/mol. The van der Waals surface area contributed by atoms with E-state index in [1.807, 2.05) is 73.8 Å². The first-order valence-corrected chi connectivity index (χ1v) is 12.3. The third kappa shape index (κ3) is 4.02. The van der Waals surface area contributed by atoms with Crippen LogP contribution in [-0.4, -0.2) is 27.3 Å². The fourth-order valence-corrected chi connectivity index (χ4v) is 4.40. The maximum absolute atomic E-state index is 13.2. The summed E-state index contributed by atoms with van der Waals surface area (Å²) in [6.07, 6.45) is 1.31. The Kier molecular flexibility index (Phi) is 5.90. The molecule has 1 atom stereocenters. The molecule has 3 heterocycles. The topological polar surface area (TPSA) is 81.4 Å². The van der Waals surface area contributed by atoms with Crippen LogP contribution in [0.1, 0.15) is 25.3 Å². The van der Waals surface area contributed by atoms with Crippen molar-refractivity contribution in [2.75, 3.05) is 11.2 Å². The summed E-state index contributed by atoms with van der Waals surface area (Å²) in [6, 6.07) is 19.1. The molecule has 2 aromatic carbocycles. The first-order chi connectivity index (χ1) is 16.1. The van der Waals surface area contributed by atoms with Gasteiger partial charge in [-0.2, -0.15) is 4.98 Å². The Hall–Kier alpha value is -3.17. The maximum Gasteiger partial charge on any atom is 0.247 e. The second-order valence-corrected chi connectivity index (χ2v) is 8.96. The van der Waals surface area contributed by atoms with Crippen LogP contribution in [0.3, 0.4) is 0 Å². The standard InChI is InChI=1S/C24H19BrN4O3S/c1-3-20(30)29-17-10-5-4-9-16(17)21-22(26-24(33-2)28-27-21)32-23(29)19-12-11-18(31-19)14-7-6-8-15(25)13-14/h4-13,23H,3H2,1-2H3/t23-/m0/s1. The monoisotopic (exact) mass is 522 g/mol. The van der Waals surface area contributed by atoms with E-state index in [1.165, 1.54) is 11.8 Å². The van der Waals surface area contributed by atoms with E-state index in [-0.39, 0.29) is 5.91 Å². The highest BCUT2D eigenvalue weighted by atomic mass is 79.9. The lowest BCUT2D eigenvalue weighted by atomic mass is 10.1. The molecule has 33 heavy (non-hydrogen) atoms. The largest absolute Gasteiger partial charge is 0.455 e. The van der Waals surface area contributed by atoms with Gasteiger partial charge in [-0.3, -0.25) is 9.69 Å². The number of rotatable bonds is 4. The summed E-state index contributed by atoms with van der Waals surface area (Å²) in [6.45, 7) is 1.82. The molecule has 0 fully saturated rings. The van der Waals surface area contributed by atoms with Gasteiger partial charge in [0.2, 0.25) is 23.2 Å². The normalized spacial score (nSPS) is 14.8. The third-order valence-corrected chi connectivity index (χ3v) is 6.28. The quantitative estimate of drug-likeness (QED) is 0.298. The summed E-state index contributed by atoms with van der Waals surface area (Å²) < 4.78 is 13.5. The Morgan fingerprint density at radius 3 is 2.76 bits per heavy atom. The zero-order valence-electron chi connectivity index (χ0n) is 17.9. The number of amides is 1. The molecule has 0 saturated carbocycles. The molecule has 1 amide bonds. The Balaban J connectivity index is 1.68. The highest BCUT2D eigenvalue weighted by molar-refractivity contribution is 9.10. The Morgan fingerprint density at radius 2 is 1.97 bits per heavy atom. The van der Waals surface area contributed by atoms with E-state index in [2.05, 4.69) is 31.1 Å². The number of carbonyl (C=O) groups is 1. The molecule has 0 aliphatic carbocycles. The van der Waals surface area contributed by atoms with Crippen LogP contribution in [0.4, 0.5) is 5.69 Å². The molecule has 5 rings (SSSR count). The lowest BCUT2D eigenvalue weighted by Gasteiger charge is -2.29. The van der Waals surface area contributed by atoms with Crippen molar-refractivity contribution in [3.05, 3.63) is 70.9 Å². The fraction of sp³-hybridized carbons (Fsp3) is 0.167. The molecular formula is C24H19BrN4O3S. The molecule has 0 unspecified atom stereocenters. The van der Waals surface area contributed by atoms with Crippen molar-refractivity contribution in [1.29, 1.82) is 0 Å². The van der Waals surface area contributed by atoms with Gasteiger partial charge in [0.1, 0.15) is 5.76 Å². The van der Waals surface area contributed by atoms with Crippen molar-refractivity contribution in [2.45, 2.75) is 24.7 Å². The Bertz CT molecular complexity index is 1340. The Morgan fingerprint density at radius 1 is 1.12 bits per heavy atom. The minimum atomic E-state index is -0.854. The molecule has 0 saturated heterocycles. The minimum absolute atomic E-state index is 0.112. The van der Waals surface area contributed by atoms with Crippen LogP contribution in [-0.2, 0) is 4.79 Å². The molecule has 1 aliphatic rings. The van der Waals surface area contributed by atoms with Crippen molar-refractivity contribution in [3.8, 4) is 28.5 Å². The van der Waals surface area contributed by atoms with Gasteiger partial charge in [0.05, 0.1) is 5.69 Å². The van der Waals surface area contributed by atoms with E-state index < -0.39 is 6.23 Å². The average Bonchev–Trinajstić information content (AvgIpc) is 3.28. The molecular weight excluding hydrogens is 504 g/mol. The molecule has 2 aromatic heterocycles. The predicted octanol–water partition coefficient (Wildman–Crippen LogP) is 6.12. The van der Waals surface area contributed by atoms with Gasteiger partial charge in [0.15, 0.2) is 11.5 Å². The van der Waals surface area contributed by atoms with Crippen LogP contribution < -0.4 is 9.64 Å². The van der Waals surface area contributed by atoms with E-state index in [0.717, 1.165) is 15.6 Å². The molecule has 0 bridgehead atoms. The lowest BCUT2D eigenvalue weighted by Crippen LogP contribution is -2.37. The van der Waals surface area contributed by atoms with Gasteiger partial charge >= 0.3 is 0 Å². The van der Waals surface area contributed by atoms with Gasteiger partial charge in [0.25, 0.3) is 0 Å². The summed E-state index contributed by atoms with van der Waals surface area (Å²) in [7, 11) is 0. The number of halogens is 1. The summed E-state index contributed by atoms with van der Waals surface area (Å²) in [5.41, 5.74) is 2.79. The van der Waals surface area contributed by atoms with Gasteiger partial charge in [-0.1, -0.05) is 64.9 Å². The van der Waals surface area contributed by atoms with Crippen molar-refractivity contribution in [1.82, 2.24) is 15.2 Å². The number of anilines is 1. The molecule has 0 N–H and O–H groups in total. The van der Waals surface area contributed by atoms with Crippen molar-refractivity contribution in [2.24, 2.45) is 0 Å². The zero-order valence-corrected chi connectivity index (χ0v) is 20.3. The molecule has 1 aliphatic heterocycles. The number of furan rings is 1. The number of fused-ring (bicyclic) bond motifs is 3. The van der Waals surface area contributed by atoms with Gasteiger partial charge in [-0.05, 0) is 36.6 Å². The van der Waals surface area contributed by atoms with E-state index >= 15 is 0 Å². The second-order valence-electron chi connectivity index (χ2n) is 7.27. The van der Waals surface area contributed by atoms with Crippen LogP contribution in [0, 0.1) is 0 Å². The van der Waals surface area contributed by atoms with E-state index in [0.29, 0.717) is 40.4 Å². The summed E-state index contributed by atoms with van der Waals surface area (Å²) in [5.74, 6) is 1.35. The minimum Gasteiger partial charge on any atom is -0.455 e. The van der Waals surface area contributed by atoms with Gasteiger partial charge in [0, 0.05) is 22.0 Å². The van der Waals surface area contributed by atoms with Gasteiger partial charge in [-0.15, -0.1) is 10.2 Å². The number of benzene rings is 2. The molecule has 0 radical (unpaired) electrons. The number of thioether (sulfide) groups is 1. The highest BCUT2D eigenvalue weighted by Gasteiger charge is 2.37. The van der Waals surface area contributed by atoms with Crippen LogP contribution in [0.2, 0.25) is 0 Å². The van der Waals surface area contributed by atoms with E-state index in [9.17, 15) is 4.79 Å². The lowest BCUT2D eigenvalue weighted by molar-refractivity contribution is -0.120. The number of carbonyl (C=O) groups excluding carboxylic acids is 1. The fourth-order valence-electron chi connectivity index (χ4n) is 3.71. The van der Waals surface area contributed by atoms with Gasteiger partial charge in [-0.25, -0.2) is 0 Å². The Labute approximate surface area is 203 Å². The second kappa shape index (κ2) is 8.99. The van der Waals surface area contributed by atoms with E-state index in [4.69, 9.17) is 9.15 Å². The smallest absolute Gasteiger partial charge is 0.247 e. The SMILES string of the molecule is CCC(=O)N1c2ccccc2-c2nnc(SC)nc2O[C@H]1c1ccc(-c2cccc(Br)c2)o1. The number of para-hydroxylation sites is 1.